The number of nitrogens with zero attached hydrogens (tertiary/aromatic N) is 3. The van der Waals surface area contributed by atoms with Gasteiger partial charge in [-0.25, -0.2) is 9.78 Å². The molecule has 1 aliphatic rings. The van der Waals surface area contributed by atoms with Gasteiger partial charge in [-0.1, -0.05) is 12.1 Å². The number of ether oxygens (including phenoxy) is 2. The van der Waals surface area contributed by atoms with Crippen molar-refractivity contribution in [1.29, 1.82) is 0 Å². The number of hydrogen-bond donors (Lipinski definition) is 1. The van der Waals surface area contributed by atoms with Crippen LogP contribution in [0.2, 0.25) is 0 Å². The summed E-state index contributed by atoms with van der Waals surface area (Å²) < 4.78 is 13.6. The monoisotopic (exact) mass is 344 g/mol. The number of carbonyl (C=O) groups excluding carboxylic acids is 1. The highest BCUT2D eigenvalue weighted by molar-refractivity contribution is 5.74. The molecule has 0 saturated heterocycles. The lowest BCUT2D eigenvalue weighted by Gasteiger charge is -2.31. The van der Waals surface area contributed by atoms with Crippen molar-refractivity contribution >= 4 is 6.03 Å². The van der Waals surface area contributed by atoms with Crippen LogP contribution in [-0.4, -0.2) is 52.8 Å². The Morgan fingerprint density at radius 2 is 2.24 bits per heavy atom. The number of likely N-dealkylation sites (N-methyl/N-ethyl adjacent to an activating group) is 1. The van der Waals surface area contributed by atoms with Gasteiger partial charge in [-0.3, -0.25) is 0 Å². The number of carbonyl (C=O) groups is 1. The molecule has 134 valence electrons. The SMILES string of the molecule is CCN(C[C@@H]1COc2ccccc2O1)C(=O)NCCCn1ccnc1. The standard InChI is InChI=1S/C18H24N4O3/c1-2-22(18(23)20-8-5-10-21-11-9-19-14-21)12-15-13-24-16-6-3-4-7-17(16)25-15/h3-4,6-7,9,11,14-15H,2,5,8,10,12-13H2,1H3,(H,20,23)/t15-/m1/s1. The summed E-state index contributed by atoms with van der Waals surface area (Å²) >= 11 is 0. The molecule has 0 unspecified atom stereocenters. The summed E-state index contributed by atoms with van der Waals surface area (Å²) in [5.41, 5.74) is 0. The van der Waals surface area contributed by atoms with Crippen LogP contribution in [0.3, 0.4) is 0 Å². The average molecular weight is 344 g/mol. The first-order valence-corrected chi connectivity index (χ1v) is 8.63. The average Bonchev–Trinajstić information content (AvgIpc) is 3.16. The fourth-order valence-electron chi connectivity index (χ4n) is 2.74. The van der Waals surface area contributed by atoms with Crippen LogP contribution in [0.25, 0.3) is 0 Å². The fraction of sp³-hybridized carbons (Fsp3) is 0.444. The number of para-hydroxylation sites is 2. The molecule has 1 aliphatic heterocycles. The first kappa shape index (κ1) is 17.1. The highest BCUT2D eigenvalue weighted by atomic mass is 16.6. The molecule has 25 heavy (non-hydrogen) atoms. The van der Waals surface area contributed by atoms with E-state index in [0.29, 0.717) is 26.2 Å². The Hall–Kier alpha value is -2.70. The summed E-state index contributed by atoms with van der Waals surface area (Å²) in [6.45, 7) is 4.98. The Kier molecular flexibility index (Phi) is 5.77. The van der Waals surface area contributed by atoms with Gasteiger partial charge in [0.05, 0.1) is 12.9 Å². The topological polar surface area (TPSA) is 68.6 Å². The minimum atomic E-state index is -0.161. The van der Waals surface area contributed by atoms with Crippen molar-refractivity contribution in [3.05, 3.63) is 43.0 Å². The minimum absolute atomic E-state index is 0.0735. The van der Waals surface area contributed by atoms with Crippen LogP contribution in [0.1, 0.15) is 13.3 Å². The molecule has 0 bridgehead atoms. The molecule has 1 aromatic carbocycles. The van der Waals surface area contributed by atoms with Crippen LogP contribution >= 0.6 is 0 Å². The van der Waals surface area contributed by atoms with Crippen molar-refractivity contribution in [2.75, 3.05) is 26.2 Å². The van der Waals surface area contributed by atoms with E-state index in [-0.39, 0.29) is 12.1 Å². The van der Waals surface area contributed by atoms with Crippen LogP contribution in [0.4, 0.5) is 4.79 Å². The van der Waals surface area contributed by atoms with Crippen molar-refractivity contribution in [3.63, 3.8) is 0 Å². The molecule has 1 N–H and O–H groups in total. The molecule has 0 aliphatic carbocycles. The molecule has 0 radical (unpaired) electrons. The van der Waals surface area contributed by atoms with Crippen molar-refractivity contribution < 1.29 is 14.3 Å². The third-order valence-corrected chi connectivity index (χ3v) is 4.09. The van der Waals surface area contributed by atoms with Gasteiger partial charge in [-0.2, -0.15) is 0 Å². The summed E-state index contributed by atoms with van der Waals surface area (Å²) in [7, 11) is 0. The number of nitrogens with one attached hydrogen (secondary N) is 1. The number of imidazole rings is 1. The minimum Gasteiger partial charge on any atom is -0.486 e. The van der Waals surface area contributed by atoms with Crippen LogP contribution in [0.5, 0.6) is 11.5 Å². The smallest absolute Gasteiger partial charge is 0.317 e. The van der Waals surface area contributed by atoms with Gasteiger partial charge in [0.25, 0.3) is 0 Å². The largest absolute Gasteiger partial charge is 0.486 e. The van der Waals surface area contributed by atoms with E-state index < -0.39 is 0 Å². The quantitative estimate of drug-likeness (QED) is 0.782. The molecule has 7 nitrogen and oxygen atoms in total. The Balaban J connectivity index is 1.43. The molecular weight excluding hydrogens is 320 g/mol. The maximum Gasteiger partial charge on any atom is 0.317 e. The zero-order valence-electron chi connectivity index (χ0n) is 14.4. The highest BCUT2D eigenvalue weighted by Gasteiger charge is 2.24. The molecule has 2 amide bonds. The Morgan fingerprint density at radius 3 is 3.00 bits per heavy atom. The third-order valence-electron chi connectivity index (χ3n) is 4.09. The van der Waals surface area contributed by atoms with Gasteiger partial charge in [-0.05, 0) is 25.5 Å². The van der Waals surface area contributed by atoms with Crippen LogP contribution < -0.4 is 14.8 Å². The lowest BCUT2D eigenvalue weighted by atomic mass is 10.2. The van der Waals surface area contributed by atoms with Gasteiger partial charge in [0.15, 0.2) is 17.6 Å². The number of benzene rings is 1. The molecule has 2 aromatic rings. The summed E-state index contributed by atoms with van der Waals surface area (Å²) in [6, 6.07) is 7.52. The molecule has 7 heteroatoms. The first-order chi connectivity index (χ1) is 12.3. The number of hydrogen-bond acceptors (Lipinski definition) is 4. The van der Waals surface area contributed by atoms with E-state index >= 15 is 0 Å². The molecular formula is C18H24N4O3. The van der Waals surface area contributed by atoms with E-state index in [1.165, 1.54) is 0 Å². The van der Waals surface area contributed by atoms with E-state index in [0.717, 1.165) is 24.5 Å². The van der Waals surface area contributed by atoms with Crippen molar-refractivity contribution in [2.45, 2.75) is 26.0 Å². The van der Waals surface area contributed by atoms with E-state index in [2.05, 4.69) is 10.3 Å². The molecule has 0 saturated carbocycles. The van der Waals surface area contributed by atoms with Crippen molar-refractivity contribution in [2.24, 2.45) is 0 Å². The molecule has 1 atom stereocenters. The number of amides is 2. The van der Waals surface area contributed by atoms with Gasteiger partial charge in [-0.15, -0.1) is 0 Å². The summed E-state index contributed by atoms with van der Waals surface area (Å²) in [5.74, 6) is 1.49. The maximum atomic E-state index is 12.4. The van der Waals surface area contributed by atoms with E-state index in [1.54, 1.807) is 17.4 Å². The molecule has 2 heterocycles. The molecule has 3 rings (SSSR count). The Bertz CT molecular complexity index is 675. The number of aryl methyl sites for hydroxylation is 1. The second-order valence-electron chi connectivity index (χ2n) is 5.92. The number of aromatic nitrogens is 2. The van der Waals surface area contributed by atoms with Gasteiger partial charge >= 0.3 is 6.03 Å². The summed E-state index contributed by atoms with van der Waals surface area (Å²) in [5, 5.41) is 2.96. The van der Waals surface area contributed by atoms with Crippen molar-refractivity contribution in [3.8, 4) is 11.5 Å². The van der Waals surface area contributed by atoms with Crippen LogP contribution in [0.15, 0.2) is 43.0 Å². The molecule has 0 spiro atoms. The predicted molar refractivity (Wildman–Crippen MR) is 93.8 cm³/mol. The molecule has 0 fully saturated rings. The second kappa shape index (κ2) is 8.41. The van der Waals surface area contributed by atoms with Crippen molar-refractivity contribution in [1.82, 2.24) is 19.8 Å². The van der Waals surface area contributed by atoms with E-state index in [9.17, 15) is 4.79 Å². The zero-order valence-corrected chi connectivity index (χ0v) is 14.4. The van der Waals surface area contributed by atoms with Gasteiger partial charge in [0.1, 0.15) is 6.61 Å². The highest BCUT2D eigenvalue weighted by Crippen LogP contribution is 2.30. The predicted octanol–water partition coefficient (Wildman–Crippen LogP) is 2.14. The lowest BCUT2D eigenvalue weighted by Crippen LogP contribution is -2.47. The second-order valence-corrected chi connectivity index (χ2v) is 5.92. The van der Waals surface area contributed by atoms with Gasteiger partial charge in [0, 0.05) is 32.0 Å². The summed E-state index contributed by atoms with van der Waals surface area (Å²) in [6.07, 6.45) is 6.14. The van der Waals surface area contributed by atoms with Crippen LogP contribution in [-0.2, 0) is 6.54 Å². The maximum absolute atomic E-state index is 12.4. The number of rotatable bonds is 7. The van der Waals surface area contributed by atoms with E-state index in [4.69, 9.17) is 9.47 Å². The van der Waals surface area contributed by atoms with Crippen LogP contribution in [0, 0.1) is 0 Å². The Morgan fingerprint density at radius 1 is 1.40 bits per heavy atom. The zero-order chi connectivity index (χ0) is 17.5. The van der Waals surface area contributed by atoms with Gasteiger partial charge < -0.3 is 24.3 Å². The summed E-state index contributed by atoms with van der Waals surface area (Å²) in [4.78, 5) is 18.1. The fourth-order valence-corrected chi connectivity index (χ4v) is 2.74. The Labute approximate surface area is 147 Å². The lowest BCUT2D eigenvalue weighted by molar-refractivity contribution is 0.0675. The normalized spacial score (nSPS) is 15.6. The van der Waals surface area contributed by atoms with E-state index in [1.807, 2.05) is 42.0 Å². The number of fused-ring (bicyclic) bond motifs is 1. The van der Waals surface area contributed by atoms with Gasteiger partial charge in [0.2, 0.25) is 0 Å². The number of urea groups is 1. The molecule has 1 aromatic heterocycles. The first-order valence-electron chi connectivity index (χ1n) is 8.63. The third kappa shape index (κ3) is 4.65.